The Kier molecular flexibility index (Phi) is 7.01. The smallest absolute Gasteiger partial charge is 0.330 e. The second kappa shape index (κ2) is 9.90. The Balaban J connectivity index is 1.52. The van der Waals surface area contributed by atoms with Crippen LogP contribution in [-0.4, -0.2) is 28.4 Å². The Morgan fingerprint density at radius 3 is 2.03 bits per heavy atom. The van der Waals surface area contributed by atoms with Crippen molar-refractivity contribution in [1.82, 2.24) is 9.55 Å². The zero-order valence-electron chi connectivity index (χ0n) is 16.9. The van der Waals surface area contributed by atoms with E-state index in [2.05, 4.69) is 4.98 Å². The van der Waals surface area contributed by atoms with Gasteiger partial charge in [-0.2, -0.15) is 0 Å². The lowest BCUT2D eigenvalue weighted by molar-refractivity contribution is -0.174. The van der Waals surface area contributed by atoms with Crippen molar-refractivity contribution in [3.63, 3.8) is 0 Å². The highest BCUT2D eigenvalue weighted by Gasteiger charge is 2.38. The monoisotopic (exact) mass is 534 g/mol. The maximum Gasteiger partial charge on any atom is 0.330 e. The molecule has 2 aromatic carbocycles. The van der Waals surface area contributed by atoms with Crippen LogP contribution in [0.4, 0.5) is 0 Å². The lowest BCUT2D eigenvalue weighted by Crippen LogP contribution is -2.52. The van der Waals surface area contributed by atoms with Crippen molar-refractivity contribution >= 4 is 22.6 Å². The van der Waals surface area contributed by atoms with Crippen molar-refractivity contribution < 1.29 is 14.2 Å². The number of H-pyrrole nitrogens is 1. The van der Waals surface area contributed by atoms with Gasteiger partial charge in [0.05, 0.1) is 30.0 Å². The number of rotatable bonds is 8. The molecule has 0 saturated heterocycles. The van der Waals surface area contributed by atoms with E-state index >= 15 is 0 Å². The third-order valence-electron chi connectivity index (χ3n) is 5.19. The summed E-state index contributed by atoms with van der Waals surface area (Å²) < 4.78 is 20.1. The Hall–Kier alpha value is -2.27. The molecule has 162 valence electrons. The fraction of sp³-hybridized carbons (Fsp3) is 0.304. The first-order valence-corrected chi connectivity index (χ1v) is 11.0. The van der Waals surface area contributed by atoms with Gasteiger partial charge in [0.1, 0.15) is 12.3 Å². The van der Waals surface area contributed by atoms with E-state index < -0.39 is 11.3 Å². The second-order valence-electron chi connectivity index (χ2n) is 7.54. The van der Waals surface area contributed by atoms with Gasteiger partial charge in [-0.25, -0.2) is 4.79 Å². The Bertz CT molecular complexity index is 1080. The van der Waals surface area contributed by atoms with Crippen molar-refractivity contribution in [2.24, 2.45) is 0 Å². The van der Waals surface area contributed by atoms with E-state index in [0.717, 1.165) is 11.1 Å². The highest BCUT2D eigenvalue weighted by molar-refractivity contribution is 14.1. The first-order valence-electron chi connectivity index (χ1n) is 9.95. The molecule has 0 amide bonds. The Morgan fingerprint density at radius 1 is 0.935 bits per heavy atom. The maximum absolute atomic E-state index is 12.2. The zero-order chi connectivity index (χ0) is 21.7. The lowest BCUT2D eigenvalue weighted by atomic mass is 9.97. The predicted molar refractivity (Wildman–Crippen MR) is 124 cm³/mol. The van der Waals surface area contributed by atoms with Gasteiger partial charge in [0.2, 0.25) is 0 Å². The standard InChI is InChI=1S/C23H23IN2O5/c24-20-19-11-23(14-29-12-17-7-3-1-4-8-17,15-30-13-18-9-5-2-6-10-18)31-16-26(19)22(28)25-21(20)27/h1-10H,11-16H2,(H,25,27,28). The molecule has 7 nitrogen and oxygen atoms in total. The van der Waals surface area contributed by atoms with Crippen LogP contribution in [0.1, 0.15) is 16.8 Å². The van der Waals surface area contributed by atoms with Gasteiger partial charge >= 0.3 is 5.69 Å². The summed E-state index contributed by atoms with van der Waals surface area (Å²) in [5.41, 5.74) is 1.10. The van der Waals surface area contributed by atoms with E-state index in [1.165, 1.54) is 4.57 Å². The minimum atomic E-state index is -0.802. The Labute approximate surface area is 193 Å². The van der Waals surface area contributed by atoms with Crippen molar-refractivity contribution in [3.05, 3.63) is 102 Å². The molecule has 1 N–H and O–H groups in total. The van der Waals surface area contributed by atoms with Gasteiger partial charge in [-0.1, -0.05) is 60.7 Å². The molecule has 0 unspecified atom stereocenters. The summed E-state index contributed by atoms with van der Waals surface area (Å²) in [6.45, 7) is 1.44. The number of ether oxygens (including phenoxy) is 3. The minimum Gasteiger partial charge on any atom is -0.374 e. The van der Waals surface area contributed by atoms with Crippen molar-refractivity contribution in [3.8, 4) is 0 Å². The van der Waals surface area contributed by atoms with Crippen LogP contribution in [-0.2, 0) is 40.6 Å². The lowest BCUT2D eigenvalue weighted by Gasteiger charge is -2.38. The average molecular weight is 534 g/mol. The summed E-state index contributed by atoms with van der Waals surface area (Å²) in [4.78, 5) is 26.7. The molecular weight excluding hydrogens is 511 g/mol. The number of hydrogen-bond acceptors (Lipinski definition) is 5. The van der Waals surface area contributed by atoms with E-state index in [0.29, 0.717) is 28.9 Å². The van der Waals surface area contributed by atoms with Crippen LogP contribution in [0.5, 0.6) is 0 Å². The molecule has 0 bridgehead atoms. The topological polar surface area (TPSA) is 82.6 Å². The summed E-state index contributed by atoms with van der Waals surface area (Å²) in [6.07, 6.45) is 0.341. The van der Waals surface area contributed by atoms with E-state index in [-0.39, 0.29) is 25.5 Å². The van der Waals surface area contributed by atoms with Crippen molar-refractivity contribution in [2.75, 3.05) is 13.2 Å². The summed E-state index contributed by atoms with van der Waals surface area (Å²) >= 11 is 1.97. The number of aromatic nitrogens is 2. The molecule has 2 heterocycles. The van der Waals surface area contributed by atoms with E-state index in [1.54, 1.807) is 0 Å². The third kappa shape index (κ3) is 5.32. The summed E-state index contributed by atoms with van der Waals surface area (Å²) in [6, 6.07) is 19.8. The Morgan fingerprint density at radius 2 is 1.48 bits per heavy atom. The van der Waals surface area contributed by atoms with Crippen molar-refractivity contribution in [1.29, 1.82) is 0 Å². The number of benzene rings is 2. The molecule has 8 heteroatoms. The summed E-state index contributed by atoms with van der Waals surface area (Å²) in [5.74, 6) is 0. The molecule has 0 spiro atoms. The number of nitrogens with zero attached hydrogens (tertiary/aromatic N) is 1. The molecule has 0 radical (unpaired) electrons. The molecule has 0 atom stereocenters. The van der Waals surface area contributed by atoms with Gasteiger partial charge in [-0.3, -0.25) is 14.3 Å². The second-order valence-corrected chi connectivity index (χ2v) is 8.62. The average Bonchev–Trinajstić information content (AvgIpc) is 2.79. The molecule has 1 aliphatic heterocycles. The van der Waals surface area contributed by atoms with Crippen LogP contribution in [0.2, 0.25) is 0 Å². The fourth-order valence-electron chi connectivity index (χ4n) is 3.54. The number of hydrogen-bond donors (Lipinski definition) is 1. The van der Waals surface area contributed by atoms with Gasteiger partial charge < -0.3 is 14.2 Å². The molecule has 1 aromatic heterocycles. The number of halogens is 1. The number of nitrogens with one attached hydrogen (secondary N) is 1. The van der Waals surface area contributed by atoms with Crippen LogP contribution in [0.25, 0.3) is 0 Å². The highest BCUT2D eigenvalue weighted by atomic mass is 127. The summed E-state index contributed by atoms with van der Waals surface area (Å²) in [5, 5.41) is 0. The van der Waals surface area contributed by atoms with Crippen LogP contribution >= 0.6 is 22.6 Å². The van der Waals surface area contributed by atoms with Gasteiger partial charge in [0, 0.05) is 12.1 Å². The largest absolute Gasteiger partial charge is 0.374 e. The summed E-state index contributed by atoms with van der Waals surface area (Å²) in [7, 11) is 0. The quantitative estimate of drug-likeness (QED) is 0.450. The van der Waals surface area contributed by atoms with Crippen LogP contribution in [0, 0.1) is 3.57 Å². The van der Waals surface area contributed by atoms with Crippen LogP contribution in [0.15, 0.2) is 70.3 Å². The van der Waals surface area contributed by atoms with E-state index in [1.807, 2.05) is 83.3 Å². The van der Waals surface area contributed by atoms with Crippen LogP contribution < -0.4 is 11.2 Å². The van der Waals surface area contributed by atoms with Gasteiger partial charge in [0.15, 0.2) is 0 Å². The SMILES string of the molecule is O=c1[nH]c(=O)n2c(c1I)CC(COCc1ccccc1)(COCc1ccccc1)OC2. The number of fused-ring (bicyclic) bond motifs is 1. The molecule has 31 heavy (non-hydrogen) atoms. The predicted octanol–water partition coefficient (Wildman–Crippen LogP) is 2.84. The fourth-order valence-corrected chi connectivity index (χ4v) is 4.16. The maximum atomic E-state index is 12.2. The molecule has 0 fully saturated rings. The molecule has 3 aromatic rings. The van der Waals surface area contributed by atoms with Gasteiger partial charge in [-0.05, 0) is 33.7 Å². The van der Waals surface area contributed by atoms with E-state index in [9.17, 15) is 9.59 Å². The zero-order valence-corrected chi connectivity index (χ0v) is 19.0. The third-order valence-corrected chi connectivity index (χ3v) is 6.30. The molecule has 0 aliphatic carbocycles. The highest BCUT2D eigenvalue weighted by Crippen LogP contribution is 2.27. The first kappa shape index (κ1) is 21.9. The number of aromatic amines is 1. The molecule has 1 aliphatic rings. The molecule has 4 rings (SSSR count). The molecular formula is C23H23IN2O5. The van der Waals surface area contributed by atoms with Crippen LogP contribution in [0.3, 0.4) is 0 Å². The first-order chi connectivity index (χ1) is 15.1. The normalized spacial score (nSPS) is 14.9. The minimum absolute atomic E-state index is 0.0321. The van der Waals surface area contributed by atoms with Gasteiger partial charge in [0.25, 0.3) is 5.56 Å². The van der Waals surface area contributed by atoms with Crippen molar-refractivity contribution in [2.45, 2.75) is 32.0 Å². The van der Waals surface area contributed by atoms with Gasteiger partial charge in [-0.15, -0.1) is 0 Å². The molecule has 0 saturated carbocycles. The van der Waals surface area contributed by atoms with E-state index in [4.69, 9.17) is 14.2 Å².